The lowest BCUT2D eigenvalue weighted by atomic mass is 9.95. The topological polar surface area (TPSA) is 19.1 Å². The molecule has 3 heterocycles. The summed E-state index contributed by atoms with van der Waals surface area (Å²) in [6, 6.07) is 54.8. The molecule has 0 aliphatic carbocycles. The Balaban J connectivity index is 1.19. The molecule has 216 valence electrons. The number of rotatable bonds is 3. The summed E-state index contributed by atoms with van der Waals surface area (Å²) < 4.78 is 27.9. The van der Waals surface area contributed by atoms with Gasteiger partial charge in [-0.25, -0.2) is 0 Å². The first-order valence-electron chi connectivity index (χ1n) is 16.6. The number of nitrogens with zero attached hydrogens (tertiary/aromatic N) is 2. The molecular formula is C43H28N2O. The zero-order chi connectivity index (χ0) is 32.0. The van der Waals surface area contributed by atoms with Crippen LogP contribution in [0.15, 0.2) is 158 Å². The minimum atomic E-state index is -1.91. The Morgan fingerprint density at radius 2 is 1.07 bits per heavy atom. The van der Waals surface area contributed by atoms with Gasteiger partial charge in [0.2, 0.25) is 0 Å². The minimum Gasteiger partial charge on any atom is -0.488 e. The van der Waals surface area contributed by atoms with E-state index in [-0.39, 0.29) is 0 Å². The summed E-state index contributed by atoms with van der Waals surface area (Å²) in [5.74, 6) is 0.543. The molecule has 0 unspecified atom stereocenters. The molecule has 0 radical (unpaired) electrons. The molecule has 0 amide bonds. The molecule has 46 heavy (non-hydrogen) atoms. The number of ether oxygens (including phenoxy) is 1. The molecule has 9 aromatic rings. The largest absolute Gasteiger partial charge is 0.488 e. The molecule has 0 saturated heterocycles. The first-order chi connectivity index (χ1) is 23.6. The van der Waals surface area contributed by atoms with E-state index in [2.05, 4.69) is 130 Å². The zero-order valence-electron chi connectivity index (χ0n) is 26.8. The zero-order valence-corrected chi connectivity index (χ0v) is 24.8. The molecule has 0 N–H and O–H groups in total. The Bertz CT molecular complexity index is 2740. The van der Waals surface area contributed by atoms with Crippen molar-refractivity contribution in [1.82, 2.24) is 9.13 Å². The lowest BCUT2D eigenvalue weighted by molar-refractivity contribution is 0.302. The smallest absolute Gasteiger partial charge is 0.129 e. The van der Waals surface area contributed by atoms with E-state index in [0.717, 1.165) is 49.9 Å². The van der Waals surface area contributed by atoms with Gasteiger partial charge in [-0.05, 0) is 82.9 Å². The van der Waals surface area contributed by atoms with Crippen LogP contribution in [0.3, 0.4) is 0 Å². The first-order valence-corrected chi connectivity index (χ1v) is 15.6. The van der Waals surface area contributed by atoms with Crippen molar-refractivity contribution in [2.24, 2.45) is 0 Å². The van der Waals surface area contributed by atoms with E-state index in [0.29, 0.717) is 11.3 Å². The van der Waals surface area contributed by atoms with Crippen LogP contribution in [0.2, 0.25) is 0 Å². The van der Waals surface area contributed by atoms with Gasteiger partial charge >= 0.3 is 0 Å². The Morgan fingerprint density at radius 3 is 1.80 bits per heavy atom. The van der Waals surface area contributed by atoms with Crippen LogP contribution in [0, 0.1) is 0 Å². The lowest BCUT2D eigenvalue weighted by Crippen LogP contribution is -2.08. The van der Waals surface area contributed by atoms with Gasteiger partial charge in [-0.1, -0.05) is 97.1 Å². The Hall–Kier alpha value is -6.06. The first kappa shape index (κ1) is 23.3. The van der Waals surface area contributed by atoms with Crippen LogP contribution in [-0.2, 0) is 6.56 Å². The fourth-order valence-electron chi connectivity index (χ4n) is 7.38. The van der Waals surface area contributed by atoms with E-state index in [9.17, 15) is 0 Å². The van der Waals surface area contributed by atoms with Gasteiger partial charge in [-0.3, -0.25) is 0 Å². The maximum atomic E-state index is 8.63. The molecule has 0 saturated carbocycles. The minimum absolute atomic E-state index is 0.539. The van der Waals surface area contributed by atoms with Crippen molar-refractivity contribution in [1.29, 1.82) is 0 Å². The van der Waals surface area contributed by atoms with E-state index in [4.69, 9.17) is 7.48 Å². The Labute approximate surface area is 269 Å². The number of benzene rings is 7. The molecule has 0 spiro atoms. The second-order valence-electron chi connectivity index (χ2n) is 11.9. The van der Waals surface area contributed by atoms with Crippen LogP contribution in [0.25, 0.3) is 77.2 Å². The van der Waals surface area contributed by atoms with Gasteiger partial charge in [0.05, 0.1) is 30.5 Å². The van der Waals surface area contributed by atoms with Gasteiger partial charge in [0.15, 0.2) is 0 Å². The number of hydrogen-bond donors (Lipinski definition) is 0. The molecular weight excluding hydrogens is 560 g/mol. The van der Waals surface area contributed by atoms with Crippen molar-refractivity contribution < 1.29 is 7.48 Å². The molecule has 0 bridgehead atoms. The molecule has 7 aromatic carbocycles. The van der Waals surface area contributed by atoms with Crippen LogP contribution in [0.5, 0.6) is 5.75 Å². The van der Waals surface area contributed by atoms with Crippen molar-refractivity contribution in [2.45, 2.75) is 6.56 Å². The van der Waals surface area contributed by atoms with E-state index in [1.165, 1.54) is 27.4 Å². The molecule has 1 aliphatic rings. The predicted octanol–water partition coefficient (Wildman–Crippen LogP) is 11.1. The summed E-state index contributed by atoms with van der Waals surface area (Å²) in [4.78, 5) is 0. The standard InChI is InChI=1S/C43H28N2O/c1-2-12-31(13-3-1)44-37-17-8-6-15-33(37)35-25-28(21-23-39(35)44)29-22-24-40-36(26-29)34-16-7-9-18-38(34)45(40)41-19-10-20-42-43(41)32-14-5-4-11-30(32)27-46-42/h1-26H,27H2/i27D2. The summed E-state index contributed by atoms with van der Waals surface area (Å²) in [5, 5.41) is 4.78. The lowest BCUT2D eigenvalue weighted by Gasteiger charge is -2.24. The van der Waals surface area contributed by atoms with Crippen LogP contribution in [0.1, 0.15) is 8.30 Å². The van der Waals surface area contributed by atoms with Crippen LogP contribution >= 0.6 is 0 Å². The van der Waals surface area contributed by atoms with Crippen molar-refractivity contribution in [2.75, 3.05) is 0 Å². The molecule has 3 nitrogen and oxygen atoms in total. The monoisotopic (exact) mass is 590 g/mol. The second-order valence-corrected chi connectivity index (χ2v) is 11.9. The van der Waals surface area contributed by atoms with Crippen LogP contribution < -0.4 is 4.74 Å². The fraction of sp³-hybridized carbons (Fsp3) is 0.0233. The van der Waals surface area contributed by atoms with Crippen molar-refractivity contribution >= 4 is 43.6 Å². The third-order valence-corrected chi connectivity index (χ3v) is 9.41. The van der Waals surface area contributed by atoms with Gasteiger partial charge in [0.1, 0.15) is 12.3 Å². The third-order valence-electron chi connectivity index (χ3n) is 9.41. The summed E-state index contributed by atoms with van der Waals surface area (Å²) in [6.07, 6.45) is 0. The highest BCUT2D eigenvalue weighted by atomic mass is 16.5. The van der Waals surface area contributed by atoms with Crippen molar-refractivity contribution in [3.8, 4) is 39.4 Å². The maximum absolute atomic E-state index is 8.63. The van der Waals surface area contributed by atoms with Crippen molar-refractivity contribution in [3.05, 3.63) is 163 Å². The van der Waals surface area contributed by atoms with Gasteiger partial charge in [-0.2, -0.15) is 0 Å². The van der Waals surface area contributed by atoms with Gasteiger partial charge in [0.25, 0.3) is 0 Å². The fourth-order valence-corrected chi connectivity index (χ4v) is 7.38. The number of para-hydroxylation sites is 3. The molecule has 0 fully saturated rings. The number of aromatic nitrogens is 2. The van der Waals surface area contributed by atoms with Crippen LogP contribution in [-0.4, -0.2) is 9.13 Å². The van der Waals surface area contributed by atoms with E-state index < -0.39 is 6.56 Å². The van der Waals surface area contributed by atoms with E-state index in [1.54, 1.807) is 0 Å². The third kappa shape index (κ3) is 3.60. The van der Waals surface area contributed by atoms with Gasteiger partial charge in [-0.15, -0.1) is 0 Å². The summed E-state index contributed by atoms with van der Waals surface area (Å²) >= 11 is 0. The molecule has 1 aliphatic heterocycles. The van der Waals surface area contributed by atoms with Gasteiger partial charge < -0.3 is 13.9 Å². The molecule has 0 atom stereocenters. The maximum Gasteiger partial charge on any atom is 0.129 e. The van der Waals surface area contributed by atoms with Crippen molar-refractivity contribution in [3.63, 3.8) is 0 Å². The predicted molar refractivity (Wildman–Crippen MR) is 190 cm³/mol. The van der Waals surface area contributed by atoms with Gasteiger partial charge in [0, 0.05) is 32.8 Å². The van der Waals surface area contributed by atoms with E-state index in [1.807, 2.05) is 36.4 Å². The van der Waals surface area contributed by atoms with Crippen LogP contribution in [0.4, 0.5) is 0 Å². The Kier molecular flexibility index (Phi) is 4.93. The SMILES string of the molecule is [2H]C1([2H])Oc2cccc(-n3c4ccccc4c4cc(-c5ccc6c(c5)c5ccccc5n6-c5ccccc5)ccc43)c2-c2ccccc21. The Morgan fingerprint density at radius 1 is 0.478 bits per heavy atom. The normalized spacial score (nSPS) is 14.2. The summed E-state index contributed by atoms with van der Waals surface area (Å²) in [7, 11) is 0. The highest BCUT2D eigenvalue weighted by Gasteiger charge is 2.23. The van der Waals surface area contributed by atoms with E-state index >= 15 is 0 Å². The highest BCUT2D eigenvalue weighted by Crippen LogP contribution is 2.45. The summed E-state index contributed by atoms with van der Waals surface area (Å²) in [5.41, 5.74) is 11.3. The number of fused-ring (bicyclic) bond motifs is 9. The molecule has 3 heteroatoms. The molecule has 10 rings (SSSR count). The second kappa shape index (κ2) is 9.72. The average molecular weight is 591 g/mol. The highest BCUT2D eigenvalue weighted by molar-refractivity contribution is 6.13. The summed E-state index contributed by atoms with van der Waals surface area (Å²) in [6.45, 7) is -1.91. The molecule has 2 aromatic heterocycles. The quantitative estimate of drug-likeness (QED) is 0.200. The number of hydrogen-bond acceptors (Lipinski definition) is 1. The average Bonchev–Trinajstić information content (AvgIpc) is 3.64.